The van der Waals surface area contributed by atoms with E-state index in [1.807, 2.05) is 17.0 Å². The summed E-state index contributed by atoms with van der Waals surface area (Å²) in [5, 5.41) is 0. The highest BCUT2D eigenvalue weighted by Crippen LogP contribution is 2.32. The number of pyridine rings is 1. The van der Waals surface area contributed by atoms with Gasteiger partial charge in [-0.25, -0.2) is 0 Å². The Kier molecular flexibility index (Phi) is 3.35. The molecule has 0 aromatic carbocycles. The fourth-order valence-electron chi connectivity index (χ4n) is 2.56. The van der Waals surface area contributed by atoms with E-state index in [1.165, 1.54) is 6.26 Å². The maximum absolute atomic E-state index is 12.4. The summed E-state index contributed by atoms with van der Waals surface area (Å²) in [5.41, 5.74) is 1.12. The van der Waals surface area contributed by atoms with Crippen LogP contribution in [0.1, 0.15) is 24.4 Å². The molecule has 1 atom stereocenters. The van der Waals surface area contributed by atoms with Crippen LogP contribution in [0.3, 0.4) is 0 Å². The third-order valence-electron chi connectivity index (χ3n) is 3.46. The number of hydrogen-bond acceptors (Lipinski definition) is 4. The molecule has 19 heavy (non-hydrogen) atoms. The molecular formula is C14H16N2O3. The fourth-order valence-corrected chi connectivity index (χ4v) is 2.56. The third-order valence-corrected chi connectivity index (χ3v) is 3.46. The van der Waals surface area contributed by atoms with E-state index in [1.54, 1.807) is 12.4 Å². The first-order valence-corrected chi connectivity index (χ1v) is 6.52. The van der Waals surface area contributed by atoms with Crippen LogP contribution in [0.25, 0.3) is 0 Å². The van der Waals surface area contributed by atoms with Crippen LogP contribution in [0.15, 0.2) is 36.5 Å². The third kappa shape index (κ3) is 2.41. The number of rotatable bonds is 2. The molecule has 0 spiro atoms. The van der Waals surface area contributed by atoms with Gasteiger partial charge in [-0.2, -0.15) is 0 Å². The van der Waals surface area contributed by atoms with E-state index >= 15 is 0 Å². The Morgan fingerprint density at radius 3 is 2.89 bits per heavy atom. The first kappa shape index (κ1) is 12.0. The Balaban J connectivity index is 1.79. The van der Waals surface area contributed by atoms with Crippen molar-refractivity contribution in [2.75, 3.05) is 19.8 Å². The second-order valence-corrected chi connectivity index (χ2v) is 4.64. The van der Waals surface area contributed by atoms with Gasteiger partial charge >= 0.3 is 0 Å². The Morgan fingerprint density at radius 1 is 1.32 bits per heavy atom. The van der Waals surface area contributed by atoms with Crippen molar-refractivity contribution in [3.8, 4) is 0 Å². The Bertz CT molecular complexity index is 487. The minimum atomic E-state index is -0.0842. The number of carbonyl (C=O) groups is 1. The molecule has 1 unspecified atom stereocenters. The van der Waals surface area contributed by atoms with Crippen LogP contribution in [-0.2, 0) is 14.3 Å². The molecule has 1 amide bonds. The van der Waals surface area contributed by atoms with Crippen LogP contribution in [-0.4, -0.2) is 35.5 Å². The van der Waals surface area contributed by atoms with E-state index < -0.39 is 0 Å². The molecule has 0 saturated carbocycles. The van der Waals surface area contributed by atoms with Gasteiger partial charge in [-0.3, -0.25) is 9.78 Å². The average molecular weight is 260 g/mol. The number of aromatic nitrogens is 1. The van der Waals surface area contributed by atoms with Gasteiger partial charge in [-0.15, -0.1) is 0 Å². The molecule has 1 aromatic rings. The van der Waals surface area contributed by atoms with Crippen molar-refractivity contribution < 1.29 is 14.3 Å². The second kappa shape index (κ2) is 5.30. The summed E-state index contributed by atoms with van der Waals surface area (Å²) in [6, 6.07) is 4.04. The molecule has 0 aliphatic carbocycles. The lowest BCUT2D eigenvalue weighted by molar-refractivity contribution is -0.133. The summed E-state index contributed by atoms with van der Waals surface area (Å²) in [4.78, 5) is 18.3. The highest BCUT2D eigenvalue weighted by molar-refractivity contribution is 5.91. The largest absolute Gasteiger partial charge is 0.494 e. The van der Waals surface area contributed by atoms with Crippen molar-refractivity contribution >= 4 is 5.91 Å². The van der Waals surface area contributed by atoms with Crippen LogP contribution >= 0.6 is 0 Å². The highest BCUT2D eigenvalue weighted by Gasteiger charge is 2.33. The van der Waals surface area contributed by atoms with E-state index in [4.69, 9.17) is 9.47 Å². The lowest BCUT2D eigenvalue weighted by Crippen LogP contribution is -2.33. The van der Waals surface area contributed by atoms with Crippen molar-refractivity contribution in [1.82, 2.24) is 9.88 Å². The second-order valence-electron chi connectivity index (χ2n) is 4.64. The molecule has 2 aliphatic heterocycles. The molecule has 0 bridgehead atoms. The van der Waals surface area contributed by atoms with Crippen molar-refractivity contribution in [3.05, 3.63) is 42.1 Å². The van der Waals surface area contributed by atoms with Gasteiger partial charge in [0.1, 0.15) is 19.5 Å². The van der Waals surface area contributed by atoms with Gasteiger partial charge in [0.25, 0.3) is 5.91 Å². The van der Waals surface area contributed by atoms with Crippen molar-refractivity contribution in [2.45, 2.75) is 18.9 Å². The van der Waals surface area contributed by atoms with E-state index in [0.717, 1.165) is 24.9 Å². The molecule has 5 heteroatoms. The minimum absolute atomic E-state index is 0.0842. The normalized spacial score (nSPS) is 22.4. The zero-order chi connectivity index (χ0) is 13.1. The van der Waals surface area contributed by atoms with Crippen molar-refractivity contribution in [3.63, 3.8) is 0 Å². The SMILES string of the molecule is O=C(C1=COCCO1)N1CCCC1c1ccncc1. The topological polar surface area (TPSA) is 51.7 Å². The smallest absolute Gasteiger partial charge is 0.292 e. The number of nitrogens with zero attached hydrogens (tertiary/aromatic N) is 2. The van der Waals surface area contributed by atoms with Crippen LogP contribution in [0.2, 0.25) is 0 Å². The summed E-state index contributed by atoms with van der Waals surface area (Å²) < 4.78 is 10.5. The fraction of sp³-hybridized carbons (Fsp3) is 0.429. The summed E-state index contributed by atoms with van der Waals surface area (Å²) in [6.45, 7) is 1.70. The molecule has 3 heterocycles. The van der Waals surface area contributed by atoms with Gasteiger partial charge < -0.3 is 14.4 Å². The maximum Gasteiger partial charge on any atom is 0.292 e. The molecule has 2 aliphatic rings. The zero-order valence-electron chi connectivity index (χ0n) is 10.6. The minimum Gasteiger partial charge on any atom is -0.494 e. The molecule has 5 nitrogen and oxygen atoms in total. The van der Waals surface area contributed by atoms with Crippen molar-refractivity contribution in [2.24, 2.45) is 0 Å². The zero-order valence-corrected chi connectivity index (χ0v) is 10.6. The molecular weight excluding hydrogens is 244 g/mol. The van der Waals surface area contributed by atoms with Crippen LogP contribution < -0.4 is 0 Å². The van der Waals surface area contributed by atoms with Gasteiger partial charge in [0.2, 0.25) is 5.76 Å². The van der Waals surface area contributed by atoms with Gasteiger partial charge in [0.15, 0.2) is 0 Å². The lowest BCUT2D eigenvalue weighted by Gasteiger charge is -2.26. The number of ether oxygens (including phenoxy) is 2. The Hall–Kier alpha value is -2.04. The average Bonchev–Trinajstić information content (AvgIpc) is 2.98. The quantitative estimate of drug-likeness (QED) is 0.811. The van der Waals surface area contributed by atoms with Crippen LogP contribution in [0.4, 0.5) is 0 Å². The first-order valence-electron chi connectivity index (χ1n) is 6.52. The number of hydrogen-bond donors (Lipinski definition) is 0. The van der Waals surface area contributed by atoms with E-state index in [9.17, 15) is 4.79 Å². The number of likely N-dealkylation sites (tertiary alicyclic amines) is 1. The van der Waals surface area contributed by atoms with Crippen LogP contribution in [0, 0.1) is 0 Å². The van der Waals surface area contributed by atoms with Gasteiger partial charge in [0.05, 0.1) is 6.04 Å². The Morgan fingerprint density at radius 2 is 2.16 bits per heavy atom. The van der Waals surface area contributed by atoms with Gasteiger partial charge in [-0.1, -0.05) is 0 Å². The van der Waals surface area contributed by atoms with E-state index in [-0.39, 0.29) is 11.9 Å². The molecule has 1 fully saturated rings. The molecule has 100 valence electrons. The predicted octanol–water partition coefficient (Wildman–Crippen LogP) is 1.63. The molecule has 1 aromatic heterocycles. The van der Waals surface area contributed by atoms with Gasteiger partial charge in [0, 0.05) is 18.9 Å². The summed E-state index contributed by atoms with van der Waals surface area (Å²) in [7, 11) is 0. The van der Waals surface area contributed by atoms with Crippen LogP contribution in [0.5, 0.6) is 0 Å². The number of amides is 1. The van der Waals surface area contributed by atoms with E-state index in [0.29, 0.717) is 19.0 Å². The monoisotopic (exact) mass is 260 g/mol. The molecule has 0 radical (unpaired) electrons. The Labute approximate surface area is 111 Å². The molecule has 1 saturated heterocycles. The maximum atomic E-state index is 12.4. The lowest BCUT2D eigenvalue weighted by atomic mass is 10.1. The summed E-state index contributed by atoms with van der Waals surface area (Å²) in [6.07, 6.45) is 6.93. The molecule has 3 rings (SSSR count). The molecule has 0 N–H and O–H groups in total. The summed E-state index contributed by atoms with van der Waals surface area (Å²) >= 11 is 0. The highest BCUT2D eigenvalue weighted by atomic mass is 16.6. The number of carbonyl (C=O) groups excluding carboxylic acids is 1. The van der Waals surface area contributed by atoms with Gasteiger partial charge in [-0.05, 0) is 30.5 Å². The predicted molar refractivity (Wildman–Crippen MR) is 67.9 cm³/mol. The first-order chi connectivity index (χ1) is 9.36. The van der Waals surface area contributed by atoms with Crippen molar-refractivity contribution in [1.29, 1.82) is 0 Å². The van der Waals surface area contributed by atoms with E-state index in [2.05, 4.69) is 4.98 Å². The summed E-state index contributed by atoms with van der Waals surface area (Å²) in [5.74, 6) is 0.228. The standard InChI is InChI=1S/C14H16N2O3/c17-14(13-10-18-8-9-19-13)16-7-1-2-12(16)11-3-5-15-6-4-11/h3-6,10,12H,1-2,7-9H2.